The van der Waals surface area contributed by atoms with Crippen LogP contribution in [0.15, 0.2) is 18.2 Å². The minimum Gasteiger partial charge on any atom is -0.477 e. The molecule has 0 unspecified atom stereocenters. The quantitative estimate of drug-likeness (QED) is 0.769. The van der Waals surface area contributed by atoms with Gasteiger partial charge in [-0.05, 0) is 25.5 Å². The molecular formula is C12H14Cl2O3. The summed E-state index contributed by atoms with van der Waals surface area (Å²) < 4.78 is 10.4. The van der Waals surface area contributed by atoms with E-state index in [1.165, 1.54) is 0 Å². The highest BCUT2D eigenvalue weighted by atomic mass is 35.5. The van der Waals surface area contributed by atoms with Crippen molar-refractivity contribution < 1.29 is 14.3 Å². The first kappa shape index (κ1) is 14.1. The lowest BCUT2D eigenvalue weighted by molar-refractivity contribution is -0.151. The fraction of sp³-hybridized carbons (Fsp3) is 0.417. The molecule has 17 heavy (non-hydrogen) atoms. The van der Waals surface area contributed by atoms with Gasteiger partial charge < -0.3 is 9.47 Å². The van der Waals surface area contributed by atoms with E-state index in [0.29, 0.717) is 28.8 Å². The van der Waals surface area contributed by atoms with Crippen molar-refractivity contribution in [2.45, 2.75) is 26.4 Å². The third kappa shape index (κ3) is 3.79. The lowest BCUT2D eigenvalue weighted by Crippen LogP contribution is -2.28. The standard InChI is InChI=1S/C12H14Cl2O3/c1-3-9(12(15)16-4-2)17-10-7-5-6-8(13)11(10)14/h5-7,9H,3-4H2,1-2H3/t9-/m0/s1. The smallest absolute Gasteiger partial charge is 0.347 e. The van der Waals surface area contributed by atoms with Crippen molar-refractivity contribution in [1.82, 2.24) is 0 Å². The molecule has 0 spiro atoms. The molecule has 0 saturated carbocycles. The Morgan fingerprint density at radius 1 is 1.35 bits per heavy atom. The molecule has 94 valence electrons. The number of rotatable bonds is 5. The van der Waals surface area contributed by atoms with Gasteiger partial charge in [0.25, 0.3) is 0 Å². The Hall–Kier alpha value is -0.930. The van der Waals surface area contributed by atoms with Crippen LogP contribution >= 0.6 is 23.2 Å². The summed E-state index contributed by atoms with van der Waals surface area (Å²) in [5.41, 5.74) is 0. The number of carbonyl (C=O) groups excluding carboxylic acids is 1. The number of hydrogen-bond donors (Lipinski definition) is 0. The summed E-state index contributed by atoms with van der Waals surface area (Å²) in [4.78, 5) is 11.6. The van der Waals surface area contributed by atoms with E-state index in [4.69, 9.17) is 32.7 Å². The Morgan fingerprint density at radius 2 is 2.06 bits per heavy atom. The zero-order valence-corrected chi connectivity index (χ0v) is 11.2. The lowest BCUT2D eigenvalue weighted by atomic mass is 10.2. The molecule has 1 atom stereocenters. The van der Waals surface area contributed by atoms with Gasteiger partial charge in [0.15, 0.2) is 6.10 Å². The van der Waals surface area contributed by atoms with Gasteiger partial charge >= 0.3 is 5.97 Å². The molecule has 5 heteroatoms. The van der Waals surface area contributed by atoms with Crippen molar-refractivity contribution in [1.29, 1.82) is 0 Å². The van der Waals surface area contributed by atoms with Gasteiger partial charge in [-0.15, -0.1) is 0 Å². The Kier molecular flexibility index (Phi) is 5.59. The molecular weight excluding hydrogens is 263 g/mol. The van der Waals surface area contributed by atoms with Gasteiger partial charge in [0.1, 0.15) is 10.8 Å². The average molecular weight is 277 g/mol. The van der Waals surface area contributed by atoms with Crippen molar-refractivity contribution in [2.75, 3.05) is 6.61 Å². The van der Waals surface area contributed by atoms with E-state index in [9.17, 15) is 4.79 Å². The molecule has 1 aromatic carbocycles. The molecule has 0 amide bonds. The third-order valence-corrected chi connectivity index (χ3v) is 2.91. The number of benzene rings is 1. The molecule has 1 rings (SSSR count). The molecule has 0 N–H and O–H groups in total. The van der Waals surface area contributed by atoms with Gasteiger partial charge in [0, 0.05) is 0 Å². The highest BCUT2D eigenvalue weighted by molar-refractivity contribution is 6.42. The van der Waals surface area contributed by atoms with Crippen LogP contribution in [0.5, 0.6) is 5.75 Å². The summed E-state index contributed by atoms with van der Waals surface area (Å²) in [6, 6.07) is 5.03. The molecule has 0 aliphatic carbocycles. The zero-order valence-electron chi connectivity index (χ0n) is 9.70. The Morgan fingerprint density at radius 3 is 2.65 bits per heavy atom. The van der Waals surface area contributed by atoms with Gasteiger partial charge in [-0.1, -0.05) is 36.2 Å². The topological polar surface area (TPSA) is 35.5 Å². The van der Waals surface area contributed by atoms with Crippen LogP contribution in [0.3, 0.4) is 0 Å². The van der Waals surface area contributed by atoms with Crippen LogP contribution in [0.4, 0.5) is 0 Å². The van der Waals surface area contributed by atoms with Gasteiger partial charge in [-0.25, -0.2) is 4.79 Å². The predicted octanol–water partition coefficient (Wildman–Crippen LogP) is 3.71. The summed E-state index contributed by atoms with van der Waals surface area (Å²) in [7, 11) is 0. The fourth-order valence-corrected chi connectivity index (χ4v) is 1.60. The average Bonchev–Trinajstić information content (AvgIpc) is 2.31. The normalized spacial score (nSPS) is 12.0. The molecule has 3 nitrogen and oxygen atoms in total. The first-order valence-corrected chi connectivity index (χ1v) is 6.13. The molecule has 0 aromatic heterocycles. The molecule has 0 saturated heterocycles. The van der Waals surface area contributed by atoms with Crippen molar-refractivity contribution >= 4 is 29.2 Å². The van der Waals surface area contributed by atoms with Crippen LogP contribution < -0.4 is 4.74 Å². The fourth-order valence-electron chi connectivity index (χ4n) is 1.26. The summed E-state index contributed by atoms with van der Waals surface area (Å²) in [6.45, 7) is 3.90. The van der Waals surface area contributed by atoms with Crippen LogP contribution in [0.2, 0.25) is 10.0 Å². The predicted molar refractivity (Wildman–Crippen MR) is 67.8 cm³/mol. The monoisotopic (exact) mass is 276 g/mol. The second-order valence-corrected chi connectivity index (χ2v) is 4.10. The second-order valence-electron chi connectivity index (χ2n) is 3.32. The number of hydrogen-bond acceptors (Lipinski definition) is 3. The largest absolute Gasteiger partial charge is 0.477 e. The van der Waals surface area contributed by atoms with Crippen molar-refractivity contribution in [3.63, 3.8) is 0 Å². The molecule has 0 aliphatic rings. The molecule has 0 heterocycles. The van der Waals surface area contributed by atoms with Gasteiger partial charge in [-0.3, -0.25) is 0 Å². The van der Waals surface area contributed by atoms with E-state index < -0.39 is 12.1 Å². The lowest BCUT2D eigenvalue weighted by Gasteiger charge is -2.17. The molecule has 1 aromatic rings. The number of halogens is 2. The number of esters is 1. The van der Waals surface area contributed by atoms with Gasteiger partial charge in [-0.2, -0.15) is 0 Å². The maximum absolute atomic E-state index is 11.6. The first-order chi connectivity index (χ1) is 8.10. The number of carbonyl (C=O) groups is 1. The van der Waals surface area contributed by atoms with Crippen LogP contribution in [0.1, 0.15) is 20.3 Å². The molecule has 0 radical (unpaired) electrons. The van der Waals surface area contributed by atoms with E-state index >= 15 is 0 Å². The van der Waals surface area contributed by atoms with Crippen LogP contribution in [0, 0.1) is 0 Å². The van der Waals surface area contributed by atoms with E-state index in [2.05, 4.69) is 0 Å². The highest BCUT2D eigenvalue weighted by Gasteiger charge is 2.21. The minimum absolute atomic E-state index is 0.303. The minimum atomic E-state index is -0.661. The second kappa shape index (κ2) is 6.72. The van der Waals surface area contributed by atoms with E-state index in [-0.39, 0.29) is 0 Å². The van der Waals surface area contributed by atoms with Crippen molar-refractivity contribution in [3.05, 3.63) is 28.2 Å². The Labute approximate surface area is 111 Å². The van der Waals surface area contributed by atoms with Crippen LogP contribution in [0.25, 0.3) is 0 Å². The Bertz CT molecular complexity index is 393. The van der Waals surface area contributed by atoms with Gasteiger partial charge in [0.05, 0.1) is 11.6 Å². The van der Waals surface area contributed by atoms with Crippen molar-refractivity contribution in [3.8, 4) is 5.75 Å². The third-order valence-electron chi connectivity index (χ3n) is 2.11. The highest BCUT2D eigenvalue weighted by Crippen LogP contribution is 2.32. The molecule has 0 fully saturated rings. The summed E-state index contributed by atoms with van der Waals surface area (Å²) in [5, 5.41) is 0.694. The first-order valence-electron chi connectivity index (χ1n) is 5.37. The van der Waals surface area contributed by atoms with Crippen LogP contribution in [-0.4, -0.2) is 18.7 Å². The number of ether oxygens (including phenoxy) is 2. The van der Waals surface area contributed by atoms with E-state index in [0.717, 1.165) is 0 Å². The summed E-state index contributed by atoms with van der Waals surface area (Å²) in [5.74, 6) is -0.00916. The summed E-state index contributed by atoms with van der Waals surface area (Å²) in [6.07, 6.45) is -0.160. The van der Waals surface area contributed by atoms with Crippen molar-refractivity contribution in [2.24, 2.45) is 0 Å². The Balaban J connectivity index is 2.80. The van der Waals surface area contributed by atoms with Gasteiger partial charge in [0.2, 0.25) is 0 Å². The van der Waals surface area contributed by atoms with Crippen LogP contribution in [-0.2, 0) is 9.53 Å². The maximum atomic E-state index is 11.6. The van der Waals surface area contributed by atoms with E-state index in [1.54, 1.807) is 25.1 Å². The zero-order chi connectivity index (χ0) is 12.8. The maximum Gasteiger partial charge on any atom is 0.347 e. The SMILES string of the molecule is CCOC(=O)[C@H](CC)Oc1cccc(Cl)c1Cl. The molecule has 0 bridgehead atoms. The molecule has 0 aliphatic heterocycles. The van der Waals surface area contributed by atoms with E-state index in [1.807, 2.05) is 6.92 Å². The summed E-state index contributed by atoms with van der Waals surface area (Å²) >= 11 is 11.8.